The number of benzene rings is 1. The lowest BCUT2D eigenvalue weighted by Crippen LogP contribution is -2.42. The molecular weight excluding hydrogens is 340 g/mol. The van der Waals surface area contributed by atoms with Gasteiger partial charge in [0.2, 0.25) is 0 Å². The Morgan fingerprint density at radius 3 is 2.28 bits per heavy atom. The predicted molar refractivity (Wildman–Crippen MR) is 99.2 cm³/mol. The van der Waals surface area contributed by atoms with Gasteiger partial charge in [0.15, 0.2) is 0 Å². The normalized spacial score (nSPS) is 11.3. The minimum atomic E-state index is -0.333. The van der Waals surface area contributed by atoms with E-state index in [4.69, 9.17) is 11.6 Å². The SMILES string of the molecule is CCC(C)(C)NC(=O)c1ccc(NC(=O)c2c(C)nn(C)c2Cl)cc1. The van der Waals surface area contributed by atoms with Gasteiger partial charge in [0.05, 0.1) is 11.3 Å². The molecule has 2 aromatic rings. The second-order valence-corrected chi connectivity index (χ2v) is 6.96. The van der Waals surface area contributed by atoms with Crippen molar-refractivity contribution >= 4 is 29.1 Å². The van der Waals surface area contributed by atoms with Crippen molar-refractivity contribution in [3.05, 3.63) is 46.2 Å². The van der Waals surface area contributed by atoms with Gasteiger partial charge in [-0.2, -0.15) is 5.10 Å². The third kappa shape index (κ3) is 4.39. The van der Waals surface area contributed by atoms with Crippen LogP contribution in [0.5, 0.6) is 0 Å². The molecule has 0 spiro atoms. The summed E-state index contributed by atoms with van der Waals surface area (Å²) in [7, 11) is 1.68. The third-order valence-electron chi connectivity index (χ3n) is 4.12. The second-order valence-electron chi connectivity index (χ2n) is 6.60. The molecule has 7 heteroatoms. The highest BCUT2D eigenvalue weighted by Crippen LogP contribution is 2.20. The standard InChI is InChI=1S/C18H23ClN4O2/c1-6-18(3,4)21-16(24)12-7-9-13(10-8-12)20-17(25)14-11(2)22-23(5)15(14)19/h7-10H,6H2,1-5H3,(H,20,25)(H,21,24). The first-order chi connectivity index (χ1) is 11.6. The van der Waals surface area contributed by atoms with Gasteiger partial charge in [-0.15, -0.1) is 0 Å². The van der Waals surface area contributed by atoms with Crippen LogP contribution in [0.3, 0.4) is 0 Å². The number of carbonyl (C=O) groups excluding carboxylic acids is 2. The molecule has 1 aromatic heterocycles. The van der Waals surface area contributed by atoms with Gasteiger partial charge < -0.3 is 10.6 Å². The van der Waals surface area contributed by atoms with Crippen LogP contribution in [0, 0.1) is 6.92 Å². The first kappa shape index (κ1) is 19.0. The van der Waals surface area contributed by atoms with Crippen molar-refractivity contribution in [2.75, 3.05) is 5.32 Å². The molecule has 1 aromatic carbocycles. The van der Waals surface area contributed by atoms with Gasteiger partial charge in [-0.3, -0.25) is 14.3 Å². The molecule has 25 heavy (non-hydrogen) atoms. The zero-order valence-corrected chi connectivity index (χ0v) is 15.9. The molecule has 2 N–H and O–H groups in total. The molecule has 134 valence electrons. The number of hydrogen-bond acceptors (Lipinski definition) is 3. The maximum atomic E-state index is 12.4. The van der Waals surface area contributed by atoms with Crippen LogP contribution in [0.4, 0.5) is 5.69 Å². The number of anilines is 1. The molecule has 1 heterocycles. The summed E-state index contributed by atoms with van der Waals surface area (Å²) >= 11 is 6.10. The summed E-state index contributed by atoms with van der Waals surface area (Å²) < 4.78 is 1.45. The molecule has 0 radical (unpaired) electrons. The van der Waals surface area contributed by atoms with Crippen LogP contribution in [0.2, 0.25) is 5.15 Å². The number of halogens is 1. The fourth-order valence-corrected chi connectivity index (χ4v) is 2.51. The summed E-state index contributed by atoms with van der Waals surface area (Å²) in [4.78, 5) is 24.6. The average molecular weight is 363 g/mol. The summed E-state index contributed by atoms with van der Waals surface area (Å²) in [6.45, 7) is 7.69. The van der Waals surface area contributed by atoms with E-state index in [-0.39, 0.29) is 22.5 Å². The lowest BCUT2D eigenvalue weighted by atomic mass is 10.0. The van der Waals surface area contributed by atoms with E-state index in [1.807, 2.05) is 20.8 Å². The molecule has 6 nitrogen and oxygen atoms in total. The van der Waals surface area contributed by atoms with Crippen LogP contribution in [-0.2, 0) is 7.05 Å². The zero-order chi connectivity index (χ0) is 18.8. The molecule has 2 rings (SSSR count). The summed E-state index contributed by atoms with van der Waals surface area (Å²) in [6.07, 6.45) is 0.831. The number of aryl methyl sites for hydroxylation is 2. The van der Waals surface area contributed by atoms with E-state index in [1.165, 1.54) is 4.68 Å². The van der Waals surface area contributed by atoms with Crippen molar-refractivity contribution in [1.82, 2.24) is 15.1 Å². The Morgan fingerprint density at radius 2 is 1.80 bits per heavy atom. The molecule has 0 saturated carbocycles. The van der Waals surface area contributed by atoms with Gasteiger partial charge in [0, 0.05) is 23.8 Å². The van der Waals surface area contributed by atoms with E-state index in [2.05, 4.69) is 15.7 Å². The van der Waals surface area contributed by atoms with Crippen LogP contribution in [0.1, 0.15) is 53.6 Å². The maximum Gasteiger partial charge on any atom is 0.260 e. The molecule has 0 bridgehead atoms. The van der Waals surface area contributed by atoms with Gasteiger partial charge in [-0.25, -0.2) is 0 Å². The van der Waals surface area contributed by atoms with Crippen LogP contribution in [-0.4, -0.2) is 27.1 Å². The Kier molecular flexibility index (Phi) is 5.52. The van der Waals surface area contributed by atoms with E-state index in [0.29, 0.717) is 22.5 Å². The van der Waals surface area contributed by atoms with Gasteiger partial charge in [0.1, 0.15) is 5.15 Å². The topological polar surface area (TPSA) is 76.0 Å². The number of hydrogen-bond donors (Lipinski definition) is 2. The first-order valence-electron chi connectivity index (χ1n) is 8.07. The Morgan fingerprint density at radius 1 is 1.20 bits per heavy atom. The number of carbonyl (C=O) groups is 2. The van der Waals surface area contributed by atoms with E-state index >= 15 is 0 Å². The van der Waals surface area contributed by atoms with Crippen molar-refractivity contribution in [1.29, 1.82) is 0 Å². The molecule has 0 atom stereocenters. The van der Waals surface area contributed by atoms with Crippen molar-refractivity contribution < 1.29 is 9.59 Å². The largest absolute Gasteiger partial charge is 0.347 e. The first-order valence-corrected chi connectivity index (χ1v) is 8.45. The van der Waals surface area contributed by atoms with Crippen LogP contribution >= 0.6 is 11.6 Å². The van der Waals surface area contributed by atoms with Crippen molar-refractivity contribution in [2.45, 2.75) is 39.7 Å². The summed E-state index contributed by atoms with van der Waals surface area (Å²) in [6, 6.07) is 6.72. The lowest BCUT2D eigenvalue weighted by Gasteiger charge is -2.24. The lowest BCUT2D eigenvalue weighted by molar-refractivity contribution is 0.0911. The van der Waals surface area contributed by atoms with Crippen molar-refractivity contribution in [3.63, 3.8) is 0 Å². The Bertz CT molecular complexity index is 794. The fourth-order valence-electron chi connectivity index (χ4n) is 2.25. The Labute approximate surface area is 152 Å². The van der Waals surface area contributed by atoms with Crippen LogP contribution in [0.25, 0.3) is 0 Å². The fraction of sp³-hybridized carbons (Fsp3) is 0.389. The predicted octanol–water partition coefficient (Wildman–Crippen LogP) is 3.55. The minimum Gasteiger partial charge on any atom is -0.347 e. The highest BCUT2D eigenvalue weighted by molar-refractivity contribution is 6.33. The Hall–Kier alpha value is -2.34. The molecule has 2 amide bonds. The molecule has 0 fully saturated rings. The smallest absolute Gasteiger partial charge is 0.260 e. The molecular formula is C18H23ClN4O2. The average Bonchev–Trinajstić information content (AvgIpc) is 2.80. The molecule has 0 saturated heterocycles. The maximum absolute atomic E-state index is 12.4. The van der Waals surface area contributed by atoms with E-state index in [9.17, 15) is 9.59 Å². The van der Waals surface area contributed by atoms with Gasteiger partial charge in [-0.1, -0.05) is 18.5 Å². The molecule has 0 aliphatic rings. The molecule has 0 aliphatic carbocycles. The number of nitrogens with one attached hydrogen (secondary N) is 2. The second kappa shape index (κ2) is 7.27. The number of rotatable bonds is 5. The van der Waals surface area contributed by atoms with Crippen LogP contribution < -0.4 is 10.6 Å². The molecule has 0 unspecified atom stereocenters. The number of amides is 2. The van der Waals surface area contributed by atoms with E-state index in [1.54, 1.807) is 38.2 Å². The van der Waals surface area contributed by atoms with Gasteiger partial charge in [0.25, 0.3) is 11.8 Å². The monoisotopic (exact) mass is 362 g/mol. The quantitative estimate of drug-likeness (QED) is 0.853. The molecule has 0 aliphatic heterocycles. The highest BCUT2D eigenvalue weighted by Gasteiger charge is 2.20. The van der Waals surface area contributed by atoms with Gasteiger partial charge >= 0.3 is 0 Å². The Balaban J connectivity index is 2.10. The summed E-state index contributed by atoms with van der Waals surface area (Å²) in [5, 5.41) is 10.2. The highest BCUT2D eigenvalue weighted by atomic mass is 35.5. The van der Waals surface area contributed by atoms with E-state index in [0.717, 1.165) is 6.42 Å². The summed E-state index contributed by atoms with van der Waals surface area (Å²) in [5.41, 5.74) is 1.75. The van der Waals surface area contributed by atoms with Crippen molar-refractivity contribution in [3.8, 4) is 0 Å². The number of nitrogens with zero attached hydrogens (tertiary/aromatic N) is 2. The van der Waals surface area contributed by atoms with Crippen LogP contribution in [0.15, 0.2) is 24.3 Å². The third-order valence-corrected chi connectivity index (χ3v) is 4.55. The zero-order valence-electron chi connectivity index (χ0n) is 15.1. The number of aromatic nitrogens is 2. The van der Waals surface area contributed by atoms with Crippen molar-refractivity contribution in [2.24, 2.45) is 7.05 Å². The minimum absolute atomic E-state index is 0.143. The summed E-state index contributed by atoms with van der Waals surface area (Å²) in [5.74, 6) is -0.476. The van der Waals surface area contributed by atoms with Gasteiger partial charge in [-0.05, 0) is 51.5 Å². The van der Waals surface area contributed by atoms with E-state index < -0.39 is 0 Å².